The lowest BCUT2D eigenvalue weighted by Gasteiger charge is -2.33. The molecule has 2 aromatic carbocycles. The SMILES string of the molecule is COC(=O)c1ccccc1N1C(=O)[C@@H]2[C@H](C1=O)[C@H]1c3ccccc3C=NN1[C@@H]2C(C)=O. The lowest BCUT2D eigenvalue weighted by molar-refractivity contribution is -0.129. The topological polar surface area (TPSA) is 96.3 Å². The number of para-hydroxylation sites is 1. The molecule has 0 radical (unpaired) electrons. The van der Waals surface area contributed by atoms with Crippen LogP contribution in [0.15, 0.2) is 53.6 Å². The van der Waals surface area contributed by atoms with Gasteiger partial charge in [0.1, 0.15) is 6.04 Å². The maximum atomic E-state index is 13.7. The molecule has 0 aliphatic carbocycles. The zero-order valence-electron chi connectivity index (χ0n) is 16.9. The molecule has 31 heavy (non-hydrogen) atoms. The standard InChI is InChI=1S/C23H19N3O5/c1-12(27)19-17-18(20-14-8-4-3-7-13(14)11-24-26(19)20)22(29)25(21(17)28)16-10-6-5-9-15(16)23(30)31-2/h3-11,17-20H,1-2H3/t17-,18+,19-,20-/m1/s1. The normalized spacial score (nSPS) is 25.9. The zero-order valence-corrected chi connectivity index (χ0v) is 16.9. The second kappa shape index (κ2) is 6.87. The monoisotopic (exact) mass is 417 g/mol. The van der Waals surface area contributed by atoms with Crippen molar-refractivity contribution in [1.29, 1.82) is 0 Å². The van der Waals surface area contributed by atoms with Gasteiger partial charge in [-0.1, -0.05) is 36.4 Å². The summed E-state index contributed by atoms with van der Waals surface area (Å²) in [4.78, 5) is 53.1. The van der Waals surface area contributed by atoms with Gasteiger partial charge in [0, 0.05) is 0 Å². The molecule has 3 heterocycles. The number of Topliss-reactive ketones (excluding diaryl/α,β-unsaturated/α-hetero) is 1. The summed E-state index contributed by atoms with van der Waals surface area (Å²) in [6.45, 7) is 1.41. The fourth-order valence-corrected chi connectivity index (χ4v) is 5.01. The number of ether oxygens (including phenoxy) is 1. The van der Waals surface area contributed by atoms with Crippen LogP contribution in [-0.2, 0) is 19.1 Å². The van der Waals surface area contributed by atoms with E-state index in [2.05, 4.69) is 5.10 Å². The number of hydrogen-bond donors (Lipinski definition) is 0. The molecule has 0 spiro atoms. The van der Waals surface area contributed by atoms with Crippen molar-refractivity contribution >= 4 is 35.5 Å². The van der Waals surface area contributed by atoms with Crippen LogP contribution in [-0.4, -0.2) is 47.9 Å². The highest BCUT2D eigenvalue weighted by atomic mass is 16.5. The molecule has 3 aliphatic heterocycles. The molecular weight excluding hydrogens is 398 g/mol. The summed E-state index contributed by atoms with van der Waals surface area (Å²) in [7, 11) is 1.24. The van der Waals surface area contributed by atoms with E-state index in [1.807, 2.05) is 24.3 Å². The number of amides is 2. The molecule has 2 amide bonds. The molecule has 2 saturated heterocycles. The Hall–Kier alpha value is -3.81. The van der Waals surface area contributed by atoms with Gasteiger partial charge in [-0.15, -0.1) is 0 Å². The van der Waals surface area contributed by atoms with Gasteiger partial charge < -0.3 is 4.74 Å². The molecule has 8 nitrogen and oxygen atoms in total. The van der Waals surface area contributed by atoms with E-state index in [0.717, 1.165) is 16.0 Å². The largest absolute Gasteiger partial charge is 0.465 e. The molecule has 0 aromatic heterocycles. The molecule has 2 fully saturated rings. The van der Waals surface area contributed by atoms with Crippen molar-refractivity contribution in [1.82, 2.24) is 5.01 Å². The molecule has 0 N–H and O–H groups in total. The highest BCUT2D eigenvalue weighted by molar-refractivity contribution is 6.25. The highest BCUT2D eigenvalue weighted by Gasteiger charge is 2.65. The molecule has 2 aromatic rings. The van der Waals surface area contributed by atoms with Crippen LogP contribution in [0.5, 0.6) is 0 Å². The van der Waals surface area contributed by atoms with Crippen LogP contribution in [0.4, 0.5) is 5.69 Å². The van der Waals surface area contributed by atoms with Gasteiger partial charge in [-0.2, -0.15) is 5.10 Å². The molecule has 0 unspecified atom stereocenters. The fourth-order valence-electron chi connectivity index (χ4n) is 5.01. The summed E-state index contributed by atoms with van der Waals surface area (Å²) in [5.74, 6) is -3.51. The number of rotatable bonds is 3. The molecule has 4 atom stereocenters. The zero-order chi connectivity index (χ0) is 21.9. The molecule has 0 saturated carbocycles. The number of methoxy groups -OCH3 is 1. The van der Waals surface area contributed by atoms with Crippen molar-refractivity contribution < 1.29 is 23.9 Å². The minimum absolute atomic E-state index is 0.116. The van der Waals surface area contributed by atoms with E-state index >= 15 is 0 Å². The van der Waals surface area contributed by atoms with Gasteiger partial charge in [0.25, 0.3) is 0 Å². The summed E-state index contributed by atoms with van der Waals surface area (Å²) >= 11 is 0. The van der Waals surface area contributed by atoms with Crippen molar-refractivity contribution in [3.8, 4) is 0 Å². The highest BCUT2D eigenvalue weighted by Crippen LogP contribution is 2.52. The van der Waals surface area contributed by atoms with Crippen LogP contribution in [0.1, 0.15) is 34.5 Å². The van der Waals surface area contributed by atoms with Crippen molar-refractivity contribution in [2.75, 3.05) is 12.0 Å². The Kier molecular flexibility index (Phi) is 4.25. The first-order valence-electron chi connectivity index (χ1n) is 9.92. The van der Waals surface area contributed by atoms with Crippen LogP contribution in [0.25, 0.3) is 0 Å². The summed E-state index contributed by atoms with van der Waals surface area (Å²) in [6, 6.07) is 12.4. The number of nitrogens with zero attached hydrogens (tertiary/aromatic N) is 3. The van der Waals surface area contributed by atoms with E-state index in [-0.39, 0.29) is 17.0 Å². The second-order valence-electron chi connectivity index (χ2n) is 7.83. The number of benzene rings is 2. The van der Waals surface area contributed by atoms with Crippen molar-refractivity contribution in [3.63, 3.8) is 0 Å². The first-order chi connectivity index (χ1) is 15.0. The predicted molar refractivity (Wildman–Crippen MR) is 110 cm³/mol. The predicted octanol–water partition coefficient (Wildman–Crippen LogP) is 1.94. The first kappa shape index (κ1) is 19.2. The van der Waals surface area contributed by atoms with E-state index < -0.39 is 41.7 Å². The Morgan fingerprint density at radius 1 is 0.968 bits per heavy atom. The lowest BCUT2D eigenvalue weighted by atomic mass is 9.84. The lowest BCUT2D eigenvalue weighted by Crippen LogP contribution is -2.44. The maximum absolute atomic E-state index is 13.7. The molecule has 3 aliphatic rings. The second-order valence-corrected chi connectivity index (χ2v) is 7.83. The van der Waals surface area contributed by atoms with Gasteiger partial charge in [0.15, 0.2) is 5.78 Å². The smallest absolute Gasteiger partial charge is 0.339 e. The minimum atomic E-state index is -0.885. The molecule has 5 rings (SSSR count). The number of hydrogen-bond acceptors (Lipinski definition) is 7. The van der Waals surface area contributed by atoms with E-state index in [9.17, 15) is 19.2 Å². The van der Waals surface area contributed by atoms with Gasteiger partial charge >= 0.3 is 5.97 Å². The minimum Gasteiger partial charge on any atom is -0.465 e. The van der Waals surface area contributed by atoms with E-state index in [1.54, 1.807) is 23.4 Å². The third-order valence-corrected chi connectivity index (χ3v) is 6.26. The number of carbonyl (C=O) groups excluding carboxylic acids is 4. The van der Waals surface area contributed by atoms with E-state index in [1.165, 1.54) is 26.2 Å². The summed E-state index contributed by atoms with van der Waals surface area (Å²) in [5.41, 5.74) is 1.98. The van der Waals surface area contributed by atoms with Crippen LogP contribution in [0.3, 0.4) is 0 Å². The maximum Gasteiger partial charge on any atom is 0.339 e. The molecular formula is C23H19N3O5. The third-order valence-electron chi connectivity index (χ3n) is 6.26. The summed E-state index contributed by atoms with van der Waals surface area (Å²) in [6.07, 6.45) is 1.65. The van der Waals surface area contributed by atoms with Crippen LogP contribution >= 0.6 is 0 Å². The number of imide groups is 1. The number of fused-ring (bicyclic) bond motifs is 5. The van der Waals surface area contributed by atoms with E-state index in [0.29, 0.717) is 0 Å². The molecule has 8 heteroatoms. The Morgan fingerprint density at radius 2 is 1.65 bits per heavy atom. The average molecular weight is 417 g/mol. The van der Waals surface area contributed by atoms with Gasteiger partial charge in [0.05, 0.1) is 42.5 Å². The van der Waals surface area contributed by atoms with Crippen molar-refractivity contribution in [3.05, 3.63) is 65.2 Å². The molecule has 0 bridgehead atoms. The van der Waals surface area contributed by atoms with Gasteiger partial charge in [-0.05, 0) is 30.2 Å². The third kappa shape index (κ3) is 2.57. The summed E-state index contributed by atoms with van der Waals surface area (Å²) in [5, 5.41) is 6.03. The summed E-state index contributed by atoms with van der Waals surface area (Å²) < 4.78 is 4.82. The number of hydrazone groups is 1. The van der Waals surface area contributed by atoms with Crippen LogP contribution in [0, 0.1) is 11.8 Å². The Labute approximate surface area is 178 Å². The number of esters is 1. The Morgan fingerprint density at radius 3 is 2.39 bits per heavy atom. The quantitative estimate of drug-likeness (QED) is 0.559. The van der Waals surface area contributed by atoms with Crippen LogP contribution < -0.4 is 4.90 Å². The van der Waals surface area contributed by atoms with Crippen LogP contribution in [0.2, 0.25) is 0 Å². The number of carbonyl (C=O) groups is 4. The average Bonchev–Trinajstić information content (AvgIpc) is 3.26. The number of anilines is 1. The van der Waals surface area contributed by atoms with E-state index in [4.69, 9.17) is 4.74 Å². The first-order valence-corrected chi connectivity index (χ1v) is 9.92. The van der Waals surface area contributed by atoms with Gasteiger partial charge in [-0.25, -0.2) is 9.69 Å². The van der Waals surface area contributed by atoms with Gasteiger partial charge in [0.2, 0.25) is 11.8 Å². The van der Waals surface area contributed by atoms with Crippen molar-refractivity contribution in [2.45, 2.75) is 19.0 Å². The Balaban J connectivity index is 1.66. The van der Waals surface area contributed by atoms with Crippen molar-refractivity contribution in [2.24, 2.45) is 16.9 Å². The van der Waals surface area contributed by atoms with Gasteiger partial charge in [-0.3, -0.25) is 19.4 Å². The fraction of sp³-hybridized carbons (Fsp3) is 0.261. The molecule has 156 valence electrons. The number of ketones is 1. The Bertz CT molecular complexity index is 1170.